The van der Waals surface area contributed by atoms with Crippen LogP contribution >= 0.6 is 7.82 Å². The summed E-state index contributed by atoms with van der Waals surface area (Å²) in [5.41, 5.74) is 0. The topological polar surface area (TPSA) is 108 Å². The molecule has 75 heavy (non-hydrogen) atoms. The van der Waals surface area contributed by atoms with Gasteiger partial charge < -0.3 is 28.8 Å². The molecule has 0 heterocycles. The molecule has 0 aromatic carbocycles. The molecule has 9 heteroatoms. The van der Waals surface area contributed by atoms with Gasteiger partial charge in [-0.1, -0.05) is 286 Å². The van der Waals surface area contributed by atoms with Crippen LogP contribution in [0.1, 0.15) is 303 Å². The number of hydrogen-bond acceptors (Lipinski definition) is 6. The van der Waals surface area contributed by atoms with Crippen LogP contribution in [0.2, 0.25) is 0 Å². The van der Waals surface area contributed by atoms with Gasteiger partial charge in [0.1, 0.15) is 13.2 Å². The van der Waals surface area contributed by atoms with E-state index in [0.29, 0.717) is 17.4 Å². The maximum atomic E-state index is 13.0. The summed E-state index contributed by atoms with van der Waals surface area (Å²) < 4.78 is 23.4. The van der Waals surface area contributed by atoms with Crippen molar-refractivity contribution in [2.45, 2.75) is 315 Å². The molecule has 0 aromatic rings. The van der Waals surface area contributed by atoms with Crippen LogP contribution in [0.15, 0.2) is 60.8 Å². The first-order valence-corrected chi connectivity index (χ1v) is 33.6. The number of aliphatic hydroxyl groups excluding tert-OH is 1. The molecule has 0 aliphatic carbocycles. The number of nitrogens with zero attached hydrogens (tertiary/aromatic N) is 1. The zero-order valence-corrected chi connectivity index (χ0v) is 51.1. The number of likely N-dealkylation sites (N-methyl/N-ethyl adjacent to an activating group) is 1. The average Bonchev–Trinajstić information content (AvgIpc) is 3.37. The smallest absolute Gasteiger partial charge is 0.268 e. The molecular weight excluding hydrogens is 948 g/mol. The number of quaternary nitrogens is 1. The van der Waals surface area contributed by atoms with Crippen LogP contribution < -0.4 is 10.2 Å². The van der Waals surface area contributed by atoms with Crippen molar-refractivity contribution in [3.8, 4) is 0 Å². The van der Waals surface area contributed by atoms with Gasteiger partial charge in [-0.25, -0.2) is 0 Å². The van der Waals surface area contributed by atoms with Gasteiger partial charge in [0.2, 0.25) is 5.91 Å². The predicted octanol–water partition coefficient (Wildman–Crippen LogP) is 19.4. The summed E-state index contributed by atoms with van der Waals surface area (Å²) in [6.07, 6.45) is 77.5. The van der Waals surface area contributed by atoms with E-state index in [0.717, 1.165) is 51.4 Å². The summed E-state index contributed by atoms with van der Waals surface area (Å²) in [6.45, 7) is 4.65. The number of hydrogen-bond donors (Lipinski definition) is 2. The fourth-order valence-corrected chi connectivity index (χ4v) is 10.1. The predicted molar refractivity (Wildman–Crippen MR) is 325 cm³/mol. The number of carbonyl (C=O) groups is 1. The van der Waals surface area contributed by atoms with Crippen LogP contribution in [-0.4, -0.2) is 68.5 Å². The van der Waals surface area contributed by atoms with Gasteiger partial charge in [-0.3, -0.25) is 9.36 Å². The number of carbonyl (C=O) groups excluding carboxylic acids is 1. The highest BCUT2D eigenvalue weighted by molar-refractivity contribution is 7.45. The highest BCUT2D eigenvalue weighted by atomic mass is 31.2. The molecule has 3 unspecified atom stereocenters. The molecule has 3 atom stereocenters. The second-order valence-corrected chi connectivity index (χ2v) is 24.5. The van der Waals surface area contributed by atoms with E-state index in [2.05, 4.69) is 67.8 Å². The highest BCUT2D eigenvalue weighted by Gasteiger charge is 2.23. The van der Waals surface area contributed by atoms with Crippen LogP contribution in [0.3, 0.4) is 0 Å². The van der Waals surface area contributed by atoms with E-state index in [1.54, 1.807) is 6.08 Å². The Balaban J connectivity index is 4.19. The van der Waals surface area contributed by atoms with Gasteiger partial charge in [0.25, 0.3) is 7.82 Å². The minimum absolute atomic E-state index is 0.00786. The van der Waals surface area contributed by atoms with Crippen molar-refractivity contribution in [3.63, 3.8) is 0 Å². The third-order valence-electron chi connectivity index (χ3n) is 14.4. The number of nitrogens with one attached hydrogen (secondary N) is 1. The summed E-state index contributed by atoms with van der Waals surface area (Å²) in [5.74, 6) is -0.207. The maximum Gasteiger partial charge on any atom is 0.268 e. The lowest BCUT2D eigenvalue weighted by Crippen LogP contribution is -2.45. The number of allylic oxidation sites excluding steroid dienone is 9. The van der Waals surface area contributed by atoms with E-state index in [1.165, 1.54) is 231 Å². The Morgan fingerprint density at radius 3 is 1.17 bits per heavy atom. The maximum absolute atomic E-state index is 13.0. The largest absolute Gasteiger partial charge is 0.756 e. The SMILES string of the molecule is CCCCCCC/C=C\C/C=C\C/C=C\CCCCCCCCCCCCCCC(=O)NC(COP(=O)([O-])OCC[N+](C)(C)C)C(O)/C=C/CC/C=C/CCCCCCCCCCCCCCCCCCCCCC. The van der Waals surface area contributed by atoms with E-state index in [9.17, 15) is 19.4 Å². The summed E-state index contributed by atoms with van der Waals surface area (Å²) in [4.78, 5) is 25.6. The first-order chi connectivity index (χ1) is 36.5. The lowest BCUT2D eigenvalue weighted by atomic mass is 10.0. The van der Waals surface area contributed by atoms with Gasteiger partial charge >= 0.3 is 0 Å². The Kier molecular flexibility index (Phi) is 55.5. The molecule has 0 radical (unpaired) electrons. The van der Waals surface area contributed by atoms with E-state index in [-0.39, 0.29) is 12.5 Å². The minimum atomic E-state index is -4.61. The molecule has 0 aliphatic rings. The molecule has 8 nitrogen and oxygen atoms in total. The molecule has 0 saturated heterocycles. The third kappa shape index (κ3) is 59.7. The molecule has 0 aliphatic heterocycles. The van der Waals surface area contributed by atoms with Gasteiger partial charge in [-0.15, -0.1) is 0 Å². The molecule has 0 saturated carbocycles. The van der Waals surface area contributed by atoms with Crippen molar-refractivity contribution in [2.75, 3.05) is 40.9 Å². The van der Waals surface area contributed by atoms with Gasteiger partial charge in [0.05, 0.1) is 39.9 Å². The van der Waals surface area contributed by atoms with Gasteiger partial charge in [-0.2, -0.15) is 0 Å². The Morgan fingerprint density at radius 2 is 0.787 bits per heavy atom. The lowest BCUT2D eigenvalue weighted by Gasteiger charge is -2.29. The second kappa shape index (κ2) is 56.9. The number of rotatable bonds is 59. The van der Waals surface area contributed by atoms with E-state index < -0.39 is 26.6 Å². The summed E-state index contributed by atoms with van der Waals surface area (Å²) in [5, 5.41) is 13.9. The Bertz CT molecular complexity index is 1400. The number of phosphoric acid groups is 1. The minimum Gasteiger partial charge on any atom is -0.756 e. The Morgan fingerprint density at radius 1 is 0.467 bits per heavy atom. The lowest BCUT2D eigenvalue weighted by molar-refractivity contribution is -0.870. The van der Waals surface area contributed by atoms with E-state index >= 15 is 0 Å². The molecule has 1 amide bonds. The van der Waals surface area contributed by atoms with Crippen LogP contribution in [0, 0.1) is 0 Å². The second-order valence-electron chi connectivity index (χ2n) is 23.1. The van der Waals surface area contributed by atoms with Crippen molar-refractivity contribution >= 4 is 13.7 Å². The zero-order valence-electron chi connectivity index (χ0n) is 50.3. The van der Waals surface area contributed by atoms with Gasteiger partial charge in [0, 0.05) is 6.42 Å². The highest BCUT2D eigenvalue weighted by Crippen LogP contribution is 2.38. The molecule has 0 aromatic heterocycles. The Labute approximate surface area is 466 Å². The van der Waals surface area contributed by atoms with E-state index in [4.69, 9.17) is 9.05 Å². The Hall–Kier alpha value is -1.80. The molecule has 0 spiro atoms. The fraction of sp³-hybridized carbons (Fsp3) is 0.833. The number of aliphatic hydroxyl groups is 1. The average molecular weight is 1070 g/mol. The van der Waals surface area contributed by atoms with Gasteiger partial charge in [0.15, 0.2) is 0 Å². The van der Waals surface area contributed by atoms with Crippen molar-refractivity contribution in [3.05, 3.63) is 60.8 Å². The number of phosphoric ester groups is 1. The first kappa shape index (κ1) is 73.2. The fourth-order valence-electron chi connectivity index (χ4n) is 9.41. The molecule has 0 bridgehead atoms. The summed E-state index contributed by atoms with van der Waals surface area (Å²) in [6, 6.07) is -0.908. The van der Waals surface area contributed by atoms with Crippen LogP contribution in [0.4, 0.5) is 0 Å². The van der Waals surface area contributed by atoms with Crippen molar-refractivity contribution in [2.24, 2.45) is 0 Å². The van der Waals surface area contributed by atoms with Crippen LogP contribution in [0.5, 0.6) is 0 Å². The van der Waals surface area contributed by atoms with Crippen LogP contribution in [-0.2, 0) is 18.4 Å². The molecule has 2 N–H and O–H groups in total. The molecular formula is C66H125N2O6P. The molecule has 0 rings (SSSR count). The number of unbranched alkanes of at least 4 members (excludes halogenated alkanes) is 38. The van der Waals surface area contributed by atoms with Crippen molar-refractivity contribution < 1.29 is 32.9 Å². The first-order valence-electron chi connectivity index (χ1n) is 32.2. The number of amides is 1. The van der Waals surface area contributed by atoms with E-state index in [1.807, 2.05) is 27.2 Å². The third-order valence-corrected chi connectivity index (χ3v) is 15.4. The summed E-state index contributed by atoms with van der Waals surface area (Å²) in [7, 11) is 1.25. The monoisotopic (exact) mass is 1070 g/mol. The molecule has 440 valence electrons. The quantitative estimate of drug-likeness (QED) is 0.0272. The molecule has 0 fully saturated rings. The normalized spacial score (nSPS) is 14.2. The van der Waals surface area contributed by atoms with Crippen LogP contribution in [0.25, 0.3) is 0 Å². The zero-order chi connectivity index (χ0) is 54.9. The summed E-state index contributed by atoms with van der Waals surface area (Å²) >= 11 is 0. The van der Waals surface area contributed by atoms with Crippen molar-refractivity contribution in [1.29, 1.82) is 0 Å². The van der Waals surface area contributed by atoms with Crippen molar-refractivity contribution in [1.82, 2.24) is 5.32 Å². The standard InChI is InChI=1S/C66H125N2O6P/c1-6-8-10-12-14-16-18-20-22-24-26-28-30-32-34-36-38-40-42-44-46-48-50-52-54-56-58-60-66(70)67-64(63-74-75(71,72)73-62-61-68(3,4)5)65(69)59-57-55-53-51-49-47-45-43-41-39-37-35-33-31-29-27-25-23-21-19-17-15-13-11-9-7-2/h18,20,24,26,30,32,49,51,57,59,64-65,69H,6-17,19,21-23,25,27-29,31,33-48,50,52-56,58,60-63H2,1-5H3,(H-,67,70,71,72)/b20-18-,26-24-,32-30-,51-49+,59-57+. The van der Waals surface area contributed by atoms with Gasteiger partial charge in [-0.05, 0) is 70.6 Å².